The number of aromatic nitrogens is 2. The predicted molar refractivity (Wildman–Crippen MR) is 113 cm³/mol. The number of methoxy groups -OCH3 is 1. The van der Waals surface area contributed by atoms with Crippen molar-refractivity contribution in [2.45, 2.75) is 31.8 Å². The zero-order valence-corrected chi connectivity index (χ0v) is 17.0. The zero-order valence-electron chi connectivity index (χ0n) is 17.0. The molecule has 2 N–H and O–H groups in total. The summed E-state index contributed by atoms with van der Waals surface area (Å²) in [7, 11) is 1.33. The molecule has 0 spiro atoms. The highest BCUT2D eigenvalue weighted by atomic mass is 16.5. The van der Waals surface area contributed by atoms with Crippen LogP contribution in [0, 0.1) is 6.92 Å². The first kappa shape index (κ1) is 19.7. The van der Waals surface area contributed by atoms with Gasteiger partial charge in [0, 0.05) is 18.1 Å². The highest BCUT2D eigenvalue weighted by molar-refractivity contribution is 5.94. The number of nitrogens with zero attached hydrogens (tertiary/aromatic N) is 2. The van der Waals surface area contributed by atoms with Gasteiger partial charge in [0.1, 0.15) is 0 Å². The number of fused-ring (bicyclic) bond motifs is 1. The van der Waals surface area contributed by atoms with Crippen LogP contribution in [0.15, 0.2) is 61.2 Å². The maximum absolute atomic E-state index is 12.9. The fraction of sp³-hybridized carbons (Fsp3) is 0.261. The van der Waals surface area contributed by atoms with Crippen molar-refractivity contribution in [1.82, 2.24) is 14.9 Å². The summed E-state index contributed by atoms with van der Waals surface area (Å²) in [6, 6.07) is 12.8. The molecule has 0 aliphatic heterocycles. The van der Waals surface area contributed by atoms with Gasteiger partial charge in [0.25, 0.3) is 0 Å². The average molecular weight is 404 g/mol. The van der Waals surface area contributed by atoms with Gasteiger partial charge in [-0.1, -0.05) is 30.3 Å². The highest BCUT2D eigenvalue weighted by Gasteiger charge is 2.31. The van der Waals surface area contributed by atoms with Crippen LogP contribution in [-0.2, 0) is 11.2 Å². The van der Waals surface area contributed by atoms with E-state index in [2.05, 4.69) is 27.8 Å². The van der Waals surface area contributed by atoms with E-state index in [9.17, 15) is 9.59 Å². The Balaban J connectivity index is 1.58. The van der Waals surface area contributed by atoms with Crippen LogP contribution < -0.4 is 10.6 Å². The van der Waals surface area contributed by atoms with Gasteiger partial charge in [0.15, 0.2) is 0 Å². The molecule has 3 aromatic rings. The maximum atomic E-state index is 12.9. The van der Waals surface area contributed by atoms with Gasteiger partial charge in [0.2, 0.25) is 0 Å². The lowest BCUT2D eigenvalue weighted by molar-refractivity contribution is 0.0600. The van der Waals surface area contributed by atoms with Crippen LogP contribution in [0.2, 0.25) is 0 Å². The SMILES string of the molecule is COC(=O)c1ccc(C)c(NC(=O)N[C@H]2c3ccccc3CC[C@@H]2n2ccnc2)c1. The lowest BCUT2D eigenvalue weighted by atomic mass is 9.84. The topological polar surface area (TPSA) is 85.2 Å². The number of carbonyl (C=O) groups is 2. The molecule has 7 heteroatoms. The Morgan fingerprint density at radius 2 is 2.03 bits per heavy atom. The second kappa shape index (κ2) is 8.41. The zero-order chi connectivity index (χ0) is 21.1. The molecular formula is C23H24N4O3. The largest absolute Gasteiger partial charge is 0.465 e. The molecule has 2 aromatic carbocycles. The molecule has 2 atom stereocenters. The minimum absolute atomic E-state index is 0.0654. The number of aryl methyl sites for hydroxylation is 2. The van der Waals surface area contributed by atoms with Crippen molar-refractivity contribution in [3.8, 4) is 0 Å². The number of anilines is 1. The summed E-state index contributed by atoms with van der Waals surface area (Å²) < 4.78 is 6.82. The molecule has 0 saturated carbocycles. The normalized spacial score (nSPS) is 17.7. The highest BCUT2D eigenvalue weighted by Crippen LogP contribution is 2.37. The quantitative estimate of drug-likeness (QED) is 0.643. The number of imidazole rings is 1. The Morgan fingerprint density at radius 1 is 1.20 bits per heavy atom. The fourth-order valence-electron chi connectivity index (χ4n) is 4.00. The van der Waals surface area contributed by atoms with E-state index in [1.54, 1.807) is 30.7 Å². The second-order valence-corrected chi connectivity index (χ2v) is 7.41. The summed E-state index contributed by atoms with van der Waals surface area (Å²) in [5.74, 6) is -0.445. The van der Waals surface area contributed by atoms with Gasteiger partial charge in [-0.15, -0.1) is 0 Å². The van der Waals surface area contributed by atoms with Crippen molar-refractivity contribution < 1.29 is 14.3 Å². The number of hydrogen-bond acceptors (Lipinski definition) is 4. The smallest absolute Gasteiger partial charge is 0.337 e. The fourth-order valence-corrected chi connectivity index (χ4v) is 4.00. The molecule has 0 radical (unpaired) electrons. The van der Waals surface area contributed by atoms with Crippen molar-refractivity contribution in [2.75, 3.05) is 12.4 Å². The van der Waals surface area contributed by atoms with Crippen molar-refractivity contribution in [2.24, 2.45) is 0 Å². The summed E-state index contributed by atoms with van der Waals surface area (Å²) in [5.41, 5.74) is 4.16. The Labute approximate surface area is 175 Å². The minimum atomic E-state index is -0.445. The summed E-state index contributed by atoms with van der Waals surface area (Å²) in [6.07, 6.45) is 7.30. The lowest BCUT2D eigenvalue weighted by Gasteiger charge is -2.35. The van der Waals surface area contributed by atoms with Gasteiger partial charge in [-0.05, 0) is 48.6 Å². The Bertz CT molecular complexity index is 1060. The molecule has 154 valence electrons. The molecule has 1 aromatic heterocycles. The number of rotatable bonds is 4. The third-order valence-electron chi connectivity index (χ3n) is 5.59. The molecule has 1 heterocycles. The minimum Gasteiger partial charge on any atom is -0.465 e. The molecule has 2 amide bonds. The molecular weight excluding hydrogens is 380 g/mol. The van der Waals surface area contributed by atoms with E-state index >= 15 is 0 Å². The first-order valence-corrected chi connectivity index (χ1v) is 9.88. The van der Waals surface area contributed by atoms with Crippen LogP contribution in [-0.4, -0.2) is 28.7 Å². The predicted octanol–water partition coefficient (Wildman–Crippen LogP) is 4.03. The lowest BCUT2D eigenvalue weighted by Crippen LogP contribution is -2.39. The van der Waals surface area contributed by atoms with Gasteiger partial charge < -0.3 is 19.9 Å². The maximum Gasteiger partial charge on any atom is 0.337 e. The van der Waals surface area contributed by atoms with E-state index in [1.165, 1.54) is 12.7 Å². The van der Waals surface area contributed by atoms with Crippen LogP contribution in [0.1, 0.15) is 45.6 Å². The number of hydrogen-bond donors (Lipinski definition) is 2. The Kier molecular flexibility index (Phi) is 5.52. The summed E-state index contributed by atoms with van der Waals surface area (Å²) >= 11 is 0. The number of amides is 2. The number of esters is 1. The van der Waals surface area contributed by atoms with Gasteiger partial charge in [-0.3, -0.25) is 0 Å². The van der Waals surface area contributed by atoms with E-state index in [-0.39, 0.29) is 18.1 Å². The third-order valence-corrected chi connectivity index (χ3v) is 5.59. The molecule has 1 aliphatic carbocycles. The molecule has 0 unspecified atom stereocenters. The van der Waals surface area contributed by atoms with Crippen LogP contribution in [0.3, 0.4) is 0 Å². The standard InChI is InChI=1S/C23H24N4O3/c1-15-7-8-17(22(28)30-2)13-19(15)25-23(29)26-21-18-6-4-3-5-16(18)9-10-20(21)27-12-11-24-14-27/h3-8,11-14,20-21H,9-10H2,1-2H3,(H2,25,26,29)/t20-,21-/m0/s1. The first-order valence-electron chi connectivity index (χ1n) is 9.88. The Morgan fingerprint density at radius 3 is 2.80 bits per heavy atom. The molecule has 0 saturated heterocycles. The second-order valence-electron chi connectivity index (χ2n) is 7.41. The van der Waals surface area contributed by atoms with Gasteiger partial charge in [-0.25, -0.2) is 14.6 Å². The van der Waals surface area contributed by atoms with Crippen molar-refractivity contribution >= 4 is 17.7 Å². The number of nitrogens with one attached hydrogen (secondary N) is 2. The summed E-state index contributed by atoms with van der Waals surface area (Å²) in [5, 5.41) is 6.03. The first-order chi connectivity index (χ1) is 14.6. The average Bonchev–Trinajstić information content (AvgIpc) is 3.29. The summed E-state index contributed by atoms with van der Waals surface area (Å²) in [6.45, 7) is 1.88. The molecule has 1 aliphatic rings. The van der Waals surface area contributed by atoms with Gasteiger partial charge in [0.05, 0.1) is 31.1 Å². The van der Waals surface area contributed by atoms with E-state index in [4.69, 9.17) is 4.74 Å². The third kappa shape index (κ3) is 3.91. The van der Waals surface area contributed by atoms with Crippen LogP contribution in [0.4, 0.5) is 10.5 Å². The van der Waals surface area contributed by atoms with Gasteiger partial charge >= 0.3 is 12.0 Å². The van der Waals surface area contributed by atoms with E-state index in [1.807, 2.05) is 29.8 Å². The number of carbonyl (C=O) groups excluding carboxylic acids is 2. The molecule has 0 bridgehead atoms. The number of benzene rings is 2. The Hall–Kier alpha value is -3.61. The van der Waals surface area contributed by atoms with E-state index in [0.717, 1.165) is 24.0 Å². The molecule has 7 nitrogen and oxygen atoms in total. The molecule has 30 heavy (non-hydrogen) atoms. The summed E-state index contributed by atoms with van der Waals surface area (Å²) in [4.78, 5) is 28.9. The molecule has 4 rings (SSSR count). The van der Waals surface area contributed by atoms with Crippen LogP contribution in [0.25, 0.3) is 0 Å². The number of ether oxygens (including phenoxy) is 1. The van der Waals surface area contributed by atoms with Crippen molar-refractivity contribution in [3.63, 3.8) is 0 Å². The van der Waals surface area contributed by atoms with Crippen LogP contribution in [0.5, 0.6) is 0 Å². The van der Waals surface area contributed by atoms with E-state index < -0.39 is 5.97 Å². The van der Waals surface area contributed by atoms with E-state index in [0.29, 0.717) is 11.3 Å². The van der Waals surface area contributed by atoms with Crippen molar-refractivity contribution in [3.05, 3.63) is 83.4 Å². The van der Waals surface area contributed by atoms with Crippen LogP contribution >= 0.6 is 0 Å². The number of urea groups is 1. The molecule has 0 fully saturated rings. The van der Waals surface area contributed by atoms with Gasteiger partial charge in [-0.2, -0.15) is 0 Å². The van der Waals surface area contributed by atoms with Crippen molar-refractivity contribution in [1.29, 1.82) is 0 Å². The monoisotopic (exact) mass is 404 g/mol.